The minimum atomic E-state index is -4.42. The first-order valence-electron chi connectivity index (χ1n) is 0.736. The van der Waals surface area contributed by atoms with Gasteiger partial charge in [0.05, 0.1) is 0 Å². The van der Waals surface area contributed by atoms with E-state index < -0.39 is 10.3 Å². The van der Waals surface area contributed by atoms with Gasteiger partial charge in [-0.3, -0.25) is 0 Å². The van der Waals surface area contributed by atoms with Crippen LogP contribution in [0.5, 0.6) is 0 Å². The van der Waals surface area contributed by atoms with Gasteiger partial charge in [0.25, 0.3) is 0 Å². The Kier molecular flexibility index (Phi) is 4.08. The second-order valence-electron chi connectivity index (χ2n) is 0.493. The Morgan fingerprint density at radius 2 is 1.50 bits per heavy atom. The average molecular weight is 152 g/mol. The third-order valence-corrected chi connectivity index (χ3v) is 0. The van der Waals surface area contributed by atoms with E-state index in [9.17, 15) is 0 Å². The van der Waals surface area contributed by atoms with Crippen LogP contribution in [-0.4, -0.2) is 13.0 Å². The first-order valence-corrected chi connectivity index (χ1v) is 2.21. The summed E-state index contributed by atoms with van der Waals surface area (Å²) in [6.07, 6.45) is 0. The SMILES string of the molecule is NS(=O)(=O)[O-].[Fe+]. The first-order chi connectivity index (χ1) is 2.00. The molecule has 0 saturated heterocycles. The van der Waals surface area contributed by atoms with Gasteiger partial charge in [0.2, 0.25) is 0 Å². The Balaban J connectivity index is 0. The van der Waals surface area contributed by atoms with Crippen molar-refractivity contribution < 1.29 is 30.0 Å². The van der Waals surface area contributed by atoms with E-state index >= 15 is 0 Å². The van der Waals surface area contributed by atoms with Crippen LogP contribution in [0.15, 0.2) is 0 Å². The van der Waals surface area contributed by atoms with E-state index in [4.69, 9.17) is 13.0 Å². The minimum Gasteiger partial charge on any atom is -0.736 e. The smallest absolute Gasteiger partial charge is 0.736 e. The van der Waals surface area contributed by atoms with Gasteiger partial charge in [-0.2, -0.15) is 0 Å². The molecule has 0 aliphatic heterocycles. The van der Waals surface area contributed by atoms with E-state index in [2.05, 4.69) is 5.14 Å². The number of hydrogen-bond acceptors (Lipinski definition) is 3. The van der Waals surface area contributed by atoms with Crippen LogP contribution in [-0.2, 0) is 27.4 Å². The van der Waals surface area contributed by atoms with Gasteiger partial charge in [-0.05, 0) is 0 Å². The quantitative estimate of drug-likeness (QED) is 0.335. The molecule has 0 aromatic heterocycles. The second kappa shape index (κ2) is 2.54. The van der Waals surface area contributed by atoms with Gasteiger partial charge >= 0.3 is 17.1 Å². The van der Waals surface area contributed by atoms with Crippen LogP contribution < -0.4 is 5.14 Å². The Labute approximate surface area is 46.1 Å². The fourth-order valence-electron chi connectivity index (χ4n) is 0. The summed E-state index contributed by atoms with van der Waals surface area (Å²) in [5.41, 5.74) is 0. The molecular formula is H2FeNO3S. The molecule has 0 unspecified atom stereocenters. The third kappa shape index (κ3) is 332. The summed E-state index contributed by atoms with van der Waals surface area (Å²) in [5.74, 6) is 0. The van der Waals surface area contributed by atoms with Crippen molar-refractivity contribution in [2.24, 2.45) is 5.14 Å². The van der Waals surface area contributed by atoms with Crippen molar-refractivity contribution >= 4 is 10.3 Å². The van der Waals surface area contributed by atoms with Gasteiger partial charge in [-0.1, -0.05) is 0 Å². The molecule has 0 heterocycles. The molecule has 6 heavy (non-hydrogen) atoms. The van der Waals surface area contributed by atoms with E-state index in [0.717, 1.165) is 0 Å². The standard InChI is InChI=1S/Fe.H3NO3S/c;1-5(2,3)4/h;(H3,1,2,3,4)/q+1;/p-1. The molecule has 0 bridgehead atoms. The van der Waals surface area contributed by atoms with Crippen LogP contribution in [0.4, 0.5) is 0 Å². The minimum absolute atomic E-state index is 0. The van der Waals surface area contributed by atoms with E-state index in [-0.39, 0.29) is 17.1 Å². The molecule has 0 amide bonds. The topological polar surface area (TPSA) is 83.2 Å². The molecule has 0 rings (SSSR count). The average Bonchev–Trinajstić information content (AvgIpc) is 0.722. The van der Waals surface area contributed by atoms with E-state index in [1.165, 1.54) is 0 Å². The van der Waals surface area contributed by atoms with Crippen molar-refractivity contribution in [2.45, 2.75) is 0 Å². The molecule has 4 nitrogen and oxygen atoms in total. The Morgan fingerprint density at radius 1 is 1.50 bits per heavy atom. The Hall–Kier alpha value is 0.389. The van der Waals surface area contributed by atoms with Gasteiger partial charge in [-0.15, -0.1) is 0 Å². The van der Waals surface area contributed by atoms with Gasteiger partial charge in [0, 0.05) is 0 Å². The number of hydrogen-bond donors (Lipinski definition) is 1. The molecule has 0 aliphatic carbocycles. The van der Waals surface area contributed by atoms with Crippen molar-refractivity contribution in [3.63, 3.8) is 0 Å². The largest absolute Gasteiger partial charge is 1.00 e. The van der Waals surface area contributed by atoms with Gasteiger partial charge in [0.15, 0.2) is 10.3 Å². The molecule has 0 atom stereocenters. The zero-order chi connectivity index (χ0) is 4.50. The third-order valence-electron chi connectivity index (χ3n) is 0. The van der Waals surface area contributed by atoms with Crippen LogP contribution in [0.1, 0.15) is 0 Å². The fourth-order valence-corrected chi connectivity index (χ4v) is 0. The Morgan fingerprint density at radius 3 is 1.50 bits per heavy atom. The van der Waals surface area contributed by atoms with Crippen LogP contribution >= 0.6 is 0 Å². The molecule has 0 saturated carbocycles. The number of nitrogens with two attached hydrogens (primary N) is 1. The van der Waals surface area contributed by atoms with Crippen LogP contribution in [0.2, 0.25) is 0 Å². The van der Waals surface area contributed by atoms with Gasteiger partial charge < -0.3 is 4.55 Å². The summed E-state index contributed by atoms with van der Waals surface area (Å²) in [6.45, 7) is 0. The van der Waals surface area contributed by atoms with Crippen molar-refractivity contribution in [1.82, 2.24) is 0 Å². The molecule has 0 aliphatic rings. The molecule has 0 fully saturated rings. The molecule has 2 N–H and O–H groups in total. The van der Waals surface area contributed by atoms with Crippen LogP contribution in [0.3, 0.4) is 0 Å². The zero-order valence-electron chi connectivity index (χ0n) is 2.56. The molecule has 0 aromatic carbocycles. The summed E-state index contributed by atoms with van der Waals surface area (Å²) >= 11 is 0. The zero-order valence-corrected chi connectivity index (χ0v) is 4.48. The predicted molar refractivity (Wildman–Crippen MR) is 13.9 cm³/mol. The van der Waals surface area contributed by atoms with Gasteiger partial charge in [-0.25, -0.2) is 13.6 Å². The van der Waals surface area contributed by atoms with Crippen LogP contribution in [0, 0.1) is 0 Å². The van der Waals surface area contributed by atoms with Crippen molar-refractivity contribution in [3.8, 4) is 0 Å². The molecular weight excluding hydrogens is 150 g/mol. The van der Waals surface area contributed by atoms with Crippen LogP contribution in [0.25, 0.3) is 0 Å². The maximum Gasteiger partial charge on any atom is 1.00 e. The molecule has 6 heteroatoms. The van der Waals surface area contributed by atoms with Crippen molar-refractivity contribution in [1.29, 1.82) is 0 Å². The summed E-state index contributed by atoms with van der Waals surface area (Å²) in [5, 5.41) is 3.77. The predicted octanol–water partition coefficient (Wildman–Crippen LogP) is -1.60. The summed E-state index contributed by atoms with van der Waals surface area (Å²) in [6, 6.07) is 0. The molecule has 0 spiro atoms. The maximum absolute atomic E-state index is 8.85. The number of rotatable bonds is 0. The summed E-state index contributed by atoms with van der Waals surface area (Å²) < 4.78 is 26.6. The maximum atomic E-state index is 8.85. The summed E-state index contributed by atoms with van der Waals surface area (Å²) in [4.78, 5) is 0. The van der Waals surface area contributed by atoms with Crippen molar-refractivity contribution in [3.05, 3.63) is 0 Å². The van der Waals surface area contributed by atoms with E-state index in [0.29, 0.717) is 0 Å². The molecule has 1 radical (unpaired) electrons. The van der Waals surface area contributed by atoms with Crippen molar-refractivity contribution in [2.75, 3.05) is 0 Å². The monoisotopic (exact) mass is 152 g/mol. The molecule has 0 aromatic rings. The Bertz CT molecular complexity index is 94.0. The van der Waals surface area contributed by atoms with Gasteiger partial charge in [0.1, 0.15) is 0 Å². The summed E-state index contributed by atoms with van der Waals surface area (Å²) in [7, 11) is -4.42. The second-order valence-corrected chi connectivity index (χ2v) is 1.48. The first kappa shape index (κ1) is 9.63. The molecule has 39 valence electrons. The van der Waals surface area contributed by atoms with E-state index in [1.807, 2.05) is 0 Å². The normalized spacial score (nSPS) is 9.67. The fraction of sp³-hybridized carbons (Fsp3) is 0. The van der Waals surface area contributed by atoms with E-state index in [1.54, 1.807) is 0 Å².